The molecule has 166 valence electrons. The largest absolute Gasteiger partial charge is 0.487 e. The Morgan fingerprint density at radius 1 is 1.21 bits per heavy atom. The van der Waals surface area contributed by atoms with E-state index in [2.05, 4.69) is 43.8 Å². The number of nitriles is 1. The molecule has 3 aromatic rings. The van der Waals surface area contributed by atoms with Crippen molar-refractivity contribution in [1.29, 1.82) is 5.26 Å². The van der Waals surface area contributed by atoms with Crippen LogP contribution in [-0.2, 0) is 11.4 Å². The number of fused-ring (bicyclic) bond motifs is 1. The van der Waals surface area contributed by atoms with Gasteiger partial charge in [-0.1, -0.05) is 18.2 Å². The van der Waals surface area contributed by atoms with Gasteiger partial charge in [-0.05, 0) is 92.1 Å². The molecule has 0 saturated carbocycles. The van der Waals surface area contributed by atoms with E-state index in [0.717, 1.165) is 9.13 Å². The minimum Gasteiger partial charge on any atom is -0.487 e. The number of anilines is 1. The minimum absolute atomic E-state index is 0.00618. The Labute approximate surface area is 211 Å². The summed E-state index contributed by atoms with van der Waals surface area (Å²) in [6.45, 7) is 0.524. The van der Waals surface area contributed by atoms with E-state index >= 15 is 0 Å². The van der Waals surface area contributed by atoms with Gasteiger partial charge in [0.1, 0.15) is 29.8 Å². The van der Waals surface area contributed by atoms with Crippen molar-refractivity contribution >= 4 is 56.2 Å². The molecule has 6 nitrogen and oxygen atoms in total. The number of para-hydroxylation sites is 1. The fourth-order valence-corrected chi connectivity index (χ4v) is 4.82. The second kappa shape index (κ2) is 10.2. The highest BCUT2D eigenvalue weighted by Crippen LogP contribution is 2.35. The van der Waals surface area contributed by atoms with Crippen LogP contribution in [0.5, 0.6) is 17.2 Å². The highest BCUT2D eigenvalue weighted by molar-refractivity contribution is 14.1. The number of ether oxygens (including phenoxy) is 3. The number of amides is 1. The van der Waals surface area contributed by atoms with Crippen LogP contribution in [0, 0.1) is 20.7 Å². The lowest BCUT2D eigenvalue weighted by molar-refractivity contribution is -0.112. The zero-order valence-electron chi connectivity index (χ0n) is 16.9. The van der Waals surface area contributed by atoms with Crippen LogP contribution in [0.25, 0.3) is 6.08 Å². The molecule has 0 spiro atoms. The number of hydrogen-bond donors (Lipinski definition) is 1. The van der Waals surface area contributed by atoms with E-state index in [0.29, 0.717) is 33.9 Å². The third-order valence-corrected chi connectivity index (χ3v) is 6.03. The highest BCUT2D eigenvalue weighted by atomic mass is 127. The van der Waals surface area contributed by atoms with Gasteiger partial charge in [0.2, 0.25) is 6.79 Å². The number of carbonyl (C=O) groups excluding carboxylic acids is 1. The number of nitrogens with zero attached hydrogens (tertiary/aromatic N) is 1. The van der Waals surface area contributed by atoms with E-state index in [4.69, 9.17) is 14.2 Å². The first kappa shape index (κ1) is 23.1. The lowest BCUT2D eigenvalue weighted by atomic mass is 10.1. The predicted octanol–water partition coefficient (Wildman–Crippen LogP) is 6.05. The average molecular weight is 621 g/mol. The van der Waals surface area contributed by atoms with Crippen LogP contribution in [0.15, 0.2) is 64.6 Å². The lowest BCUT2D eigenvalue weighted by Crippen LogP contribution is -2.14. The van der Waals surface area contributed by atoms with Crippen LogP contribution in [0.2, 0.25) is 0 Å². The summed E-state index contributed by atoms with van der Waals surface area (Å²) >= 11 is 5.62. The first-order chi connectivity index (χ1) is 15.9. The second-order valence-corrected chi connectivity index (χ2v) is 8.91. The van der Waals surface area contributed by atoms with Gasteiger partial charge in [0, 0.05) is 0 Å². The summed E-state index contributed by atoms with van der Waals surface area (Å²) in [5.74, 6) is 0.738. The Morgan fingerprint density at radius 2 is 2.00 bits per heavy atom. The van der Waals surface area contributed by atoms with Crippen LogP contribution >= 0.6 is 38.5 Å². The summed E-state index contributed by atoms with van der Waals surface area (Å²) in [6, 6.07) is 16.8. The van der Waals surface area contributed by atoms with Gasteiger partial charge in [0.25, 0.3) is 5.91 Å². The third-order valence-electron chi connectivity index (χ3n) is 4.64. The van der Waals surface area contributed by atoms with Crippen LogP contribution in [0.3, 0.4) is 0 Å². The number of halogens is 3. The maximum atomic E-state index is 13.8. The van der Waals surface area contributed by atoms with Crippen LogP contribution in [0.1, 0.15) is 11.1 Å². The van der Waals surface area contributed by atoms with Crippen LogP contribution < -0.4 is 19.5 Å². The molecule has 1 aliphatic rings. The third kappa shape index (κ3) is 5.46. The number of nitrogens with one attached hydrogen (secondary N) is 1. The van der Waals surface area contributed by atoms with E-state index < -0.39 is 11.7 Å². The molecule has 1 aliphatic heterocycles. The molecule has 33 heavy (non-hydrogen) atoms. The molecule has 0 radical (unpaired) electrons. The Hall–Kier alpha value is -3.10. The zero-order chi connectivity index (χ0) is 23.4. The van der Waals surface area contributed by atoms with Gasteiger partial charge in [-0.25, -0.2) is 4.39 Å². The quantitative estimate of drug-likeness (QED) is 0.206. The second-order valence-electron chi connectivity index (χ2n) is 6.89. The van der Waals surface area contributed by atoms with Crippen LogP contribution in [-0.4, -0.2) is 12.7 Å². The monoisotopic (exact) mass is 620 g/mol. The maximum Gasteiger partial charge on any atom is 0.266 e. The van der Waals surface area contributed by atoms with Gasteiger partial charge in [-0.3, -0.25) is 4.79 Å². The Kier molecular flexibility index (Phi) is 7.15. The molecule has 0 saturated heterocycles. The van der Waals surface area contributed by atoms with Crippen molar-refractivity contribution < 1.29 is 23.4 Å². The Bertz CT molecular complexity index is 1280. The molecule has 0 aromatic heterocycles. The summed E-state index contributed by atoms with van der Waals surface area (Å²) in [6.07, 6.45) is 1.44. The molecule has 1 N–H and O–H groups in total. The molecule has 1 amide bonds. The molecule has 0 fully saturated rings. The van der Waals surface area contributed by atoms with Gasteiger partial charge in [0.15, 0.2) is 11.5 Å². The fraction of sp³-hybridized carbons (Fsp3) is 0.0833. The number of rotatable bonds is 6. The number of carbonyl (C=O) groups is 1. The minimum atomic E-state index is -0.697. The van der Waals surface area contributed by atoms with Crippen molar-refractivity contribution in [3.8, 4) is 23.3 Å². The molecule has 0 bridgehead atoms. The molecular weight excluding hydrogens is 606 g/mol. The molecule has 9 heteroatoms. The number of hydrogen-bond acceptors (Lipinski definition) is 5. The molecule has 0 unspecified atom stereocenters. The molecule has 0 aliphatic carbocycles. The summed E-state index contributed by atoms with van der Waals surface area (Å²) in [7, 11) is 0. The van der Waals surface area contributed by atoms with Crippen molar-refractivity contribution in [3.05, 3.63) is 85.2 Å². The first-order valence-corrected chi connectivity index (χ1v) is 11.5. The molecule has 4 rings (SSSR count). The average Bonchev–Trinajstić information content (AvgIpc) is 3.26. The Morgan fingerprint density at radius 3 is 2.76 bits per heavy atom. The maximum absolute atomic E-state index is 13.8. The molecule has 0 atom stereocenters. The van der Waals surface area contributed by atoms with Crippen molar-refractivity contribution in [2.24, 2.45) is 0 Å². The summed E-state index contributed by atoms with van der Waals surface area (Å²) in [5.41, 5.74) is 1.38. The Balaban J connectivity index is 1.49. The predicted molar refractivity (Wildman–Crippen MR) is 132 cm³/mol. The smallest absolute Gasteiger partial charge is 0.266 e. The summed E-state index contributed by atoms with van der Waals surface area (Å²) in [4.78, 5) is 12.5. The van der Waals surface area contributed by atoms with E-state index in [1.165, 1.54) is 24.3 Å². The highest BCUT2D eigenvalue weighted by Gasteiger charge is 2.16. The van der Waals surface area contributed by atoms with E-state index in [1.54, 1.807) is 18.2 Å². The number of benzene rings is 3. The van der Waals surface area contributed by atoms with Crippen molar-refractivity contribution in [1.82, 2.24) is 0 Å². The van der Waals surface area contributed by atoms with Gasteiger partial charge in [-0.15, -0.1) is 0 Å². The lowest BCUT2D eigenvalue weighted by Gasteiger charge is -2.12. The SMILES string of the molecule is N#C/C(=C/c1cc(Br)c(OCc2ccc3c(c2)OCO3)c(I)c1)C(=O)Nc1ccccc1F. The standard InChI is InChI=1S/C24H15BrFIN2O4/c25-17-8-15(7-16(11-28)24(30)29-20-4-2-1-3-18(20)26)9-19(27)23(17)31-12-14-5-6-21-22(10-14)33-13-32-21/h1-10H,12-13H2,(H,29,30)/b16-7-. The van der Waals surface area contributed by atoms with E-state index in [9.17, 15) is 14.4 Å². The van der Waals surface area contributed by atoms with Crippen molar-refractivity contribution in [2.75, 3.05) is 12.1 Å². The van der Waals surface area contributed by atoms with Crippen molar-refractivity contribution in [2.45, 2.75) is 6.61 Å². The van der Waals surface area contributed by atoms with Gasteiger partial charge in [-0.2, -0.15) is 5.26 Å². The van der Waals surface area contributed by atoms with E-state index in [-0.39, 0.29) is 18.1 Å². The molecule has 1 heterocycles. The summed E-state index contributed by atoms with van der Waals surface area (Å²) in [5, 5.41) is 11.9. The molecular formula is C24H15BrFIN2O4. The first-order valence-electron chi connectivity index (χ1n) is 9.62. The van der Waals surface area contributed by atoms with Crippen molar-refractivity contribution in [3.63, 3.8) is 0 Å². The van der Waals surface area contributed by atoms with Crippen LogP contribution in [0.4, 0.5) is 10.1 Å². The van der Waals surface area contributed by atoms with Gasteiger partial charge >= 0.3 is 0 Å². The zero-order valence-corrected chi connectivity index (χ0v) is 20.6. The van der Waals surface area contributed by atoms with Gasteiger partial charge < -0.3 is 19.5 Å². The molecule has 3 aromatic carbocycles. The topological polar surface area (TPSA) is 80.6 Å². The van der Waals surface area contributed by atoms with Gasteiger partial charge in [0.05, 0.1) is 13.7 Å². The fourth-order valence-electron chi connectivity index (χ4n) is 3.05. The van der Waals surface area contributed by atoms with E-state index in [1.807, 2.05) is 24.3 Å². The summed E-state index contributed by atoms with van der Waals surface area (Å²) < 4.78 is 31.9. The normalized spacial score (nSPS) is 12.2.